The second-order valence-electron chi connectivity index (χ2n) is 4.43. The van der Waals surface area contributed by atoms with Crippen molar-refractivity contribution in [3.8, 4) is 0 Å². The van der Waals surface area contributed by atoms with Crippen LogP contribution in [0, 0.1) is 0 Å². The van der Waals surface area contributed by atoms with Crippen molar-refractivity contribution in [3.63, 3.8) is 0 Å². The predicted molar refractivity (Wildman–Crippen MR) is 78.9 cm³/mol. The Kier molecular flexibility index (Phi) is 3.61. The van der Waals surface area contributed by atoms with E-state index in [4.69, 9.17) is 23.2 Å². The molecule has 3 aromatic rings. The smallest absolute Gasteiger partial charge is 0.113 e. The zero-order valence-corrected chi connectivity index (χ0v) is 11.9. The third kappa shape index (κ3) is 2.63. The summed E-state index contributed by atoms with van der Waals surface area (Å²) in [5.41, 5.74) is 2.20. The number of hydrogen-bond donors (Lipinski definition) is 1. The van der Waals surface area contributed by atoms with Crippen molar-refractivity contribution in [2.24, 2.45) is 0 Å². The molecule has 0 fully saturated rings. The monoisotopic (exact) mass is 307 g/mol. The van der Waals surface area contributed by atoms with Crippen molar-refractivity contribution < 1.29 is 5.11 Å². The molecule has 20 heavy (non-hydrogen) atoms. The highest BCUT2D eigenvalue weighted by Gasteiger charge is 2.14. The predicted octanol–water partition coefficient (Wildman–Crippen LogP) is 3.47. The number of rotatable bonds is 3. The van der Waals surface area contributed by atoms with Gasteiger partial charge in [-0.25, -0.2) is 0 Å². The van der Waals surface area contributed by atoms with Crippen molar-refractivity contribution in [2.75, 3.05) is 0 Å². The maximum absolute atomic E-state index is 10.2. The van der Waals surface area contributed by atoms with E-state index in [0.29, 0.717) is 15.6 Å². The van der Waals surface area contributed by atoms with Crippen LogP contribution in [0.4, 0.5) is 0 Å². The van der Waals surface area contributed by atoms with Gasteiger partial charge in [-0.1, -0.05) is 41.4 Å². The largest absolute Gasteiger partial charge is 0.386 e. The first-order chi connectivity index (χ1) is 9.63. The van der Waals surface area contributed by atoms with Gasteiger partial charge in [-0.15, -0.1) is 0 Å². The first kappa shape index (κ1) is 13.4. The number of aliphatic hydroxyl groups excluding tert-OH is 1. The normalized spacial score (nSPS) is 12.8. The lowest BCUT2D eigenvalue weighted by atomic mass is 10.1. The summed E-state index contributed by atoms with van der Waals surface area (Å²) in [5, 5.41) is 19.8. The van der Waals surface area contributed by atoms with E-state index in [2.05, 4.69) is 10.2 Å². The third-order valence-corrected chi connectivity index (χ3v) is 3.55. The van der Waals surface area contributed by atoms with Gasteiger partial charge >= 0.3 is 0 Å². The Bertz CT molecular complexity index is 724. The van der Waals surface area contributed by atoms with Crippen LogP contribution >= 0.6 is 23.2 Å². The number of nitrogens with zero attached hydrogens (tertiary/aromatic N) is 3. The highest BCUT2D eigenvalue weighted by molar-refractivity contribution is 6.35. The minimum atomic E-state index is -0.790. The second kappa shape index (κ2) is 5.40. The molecule has 0 amide bonds. The highest BCUT2D eigenvalue weighted by atomic mass is 35.5. The molecule has 0 spiro atoms. The van der Waals surface area contributed by atoms with Gasteiger partial charge in [0.1, 0.15) is 17.1 Å². The molecule has 6 heteroatoms. The topological polar surface area (TPSA) is 50.9 Å². The molecule has 0 saturated carbocycles. The van der Waals surface area contributed by atoms with Crippen LogP contribution in [-0.4, -0.2) is 20.1 Å². The number of hydrogen-bond acceptors (Lipinski definition) is 3. The first-order valence-corrected chi connectivity index (χ1v) is 6.82. The summed E-state index contributed by atoms with van der Waals surface area (Å²) in [4.78, 5) is 1.47. The Hall–Kier alpha value is -1.62. The summed E-state index contributed by atoms with van der Waals surface area (Å²) in [6.45, 7) is 0.232. The lowest BCUT2D eigenvalue weighted by Crippen LogP contribution is -2.11. The quantitative estimate of drug-likeness (QED) is 0.806. The molecule has 2 aromatic carbocycles. The van der Waals surface area contributed by atoms with Crippen LogP contribution in [0.15, 0.2) is 42.5 Å². The van der Waals surface area contributed by atoms with Crippen LogP contribution in [0.1, 0.15) is 11.7 Å². The SMILES string of the molecule is OC(Cn1nc2ccccc2n1)c1ccc(Cl)cc1Cl. The first-order valence-electron chi connectivity index (χ1n) is 6.06. The van der Waals surface area contributed by atoms with Gasteiger partial charge in [-0.05, 0) is 24.3 Å². The standard InChI is InChI=1S/C14H11Cl2N3O/c15-9-5-6-10(11(16)7-9)14(20)8-19-17-12-3-1-2-4-13(12)18-19/h1-7,14,20H,8H2. The number of aromatic nitrogens is 3. The van der Waals surface area contributed by atoms with Crippen molar-refractivity contribution in [3.05, 3.63) is 58.1 Å². The highest BCUT2D eigenvalue weighted by Crippen LogP contribution is 2.27. The molecule has 0 bridgehead atoms. The Morgan fingerprint density at radius 1 is 1.05 bits per heavy atom. The van der Waals surface area contributed by atoms with Crippen molar-refractivity contribution in [1.82, 2.24) is 15.0 Å². The molecule has 0 radical (unpaired) electrons. The van der Waals surface area contributed by atoms with Gasteiger partial charge in [0.15, 0.2) is 0 Å². The molecule has 1 unspecified atom stereocenters. The molecule has 1 aromatic heterocycles. The summed E-state index contributed by atoms with van der Waals surface area (Å²) in [7, 11) is 0. The zero-order valence-electron chi connectivity index (χ0n) is 10.4. The molecule has 1 atom stereocenters. The number of fused-ring (bicyclic) bond motifs is 1. The lowest BCUT2D eigenvalue weighted by molar-refractivity contribution is 0.146. The van der Waals surface area contributed by atoms with Gasteiger partial charge in [0.25, 0.3) is 0 Å². The molecule has 1 N–H and O–H groups in total. The van der Waals surface area contributed by atoms with Crippen molar-refractivity contribution in [2.45, 2.75) is 12.6 Å². The number of benzene rings is 2. The fourth-order valence-corrected chi connectivity index (χ4v) is 2.55. The van der Waals surface area contributed by atoms with E-state index in [1.807, 2.05) is 24.3 Å². The zero-order chi connectivity index (χ0) is 14.1. The summed E-state index contributed by atoms with van der Waals surface area (Å²) >= 11 is 11.9. The number of aliphatic hydroxyl groups is 1. The molecule has 0 aliphatic rings. The van der Waals surface area contributed by atoms with Gasteiger partial charge in [0.05, 0.1) is 6.54 Å². The average molecular weight is 308 g/mol. The van der Waals surface area contributed by atoms with Crippen LogP contribution in [-0.2, 0) is 6.54 Å². The van der Waals surface area contributed by atoms with Gasteiger partial charge < -0.3 is 5.11 Å². The van der Waals surface area contributed by atoms with E-state index in [1.54, 1.807) is 18.2 Å². The van der Waals surface area contributed by atoms with Crippen LogP contribution in [0.5, 0.6) is 0 Å². The molecule has 0 aliphatic carbocycles. The molecule has 102 valence electrons. The minimum absolute atomic E-state index is 0.232. The summed E-state index contributed by atoms with van der Waals surface area (Å²) < 4.78 is 0. The van der Waals surface area contributed by atoms with E-state index in [9.17, 15) is 5.11 Å². The molecular formula is C14H11Cl2N3O. The molecule has 3 rings (SSSR count). The maximum Gasteiger partial charge on any atom is 0.113 e. The van der Waals surface area contributed by atoms with Crippen LogP contribution in [0.25, 0.3) is 11.0 Å². The van der Waals surface area contributed by atoms with Gasteiger partial charge in [-0.3, -0.25) is 0 Å². The summed E-state index contributed by atoms with van der Waals surface area (Å²) in [6.07, 6.45) is -0.790. The van der Waals surface area contributed by atoms with Crippen molar-refractivity contribution in [1.29, 1.82) is 0 Å². The molecule has 4 nitrogen and oxygen atoms in total. The van der Waals surface area contributed by atoms with Gasteiger partial charge in [0, 0.05) is 15.6 Å². The van der Waals surface area contributed by atoms with E-state index in [-0.39, 0.29) is 6.54 Å². The van der Waals surface area contributed by atoms with Gasteiger partial charge in [-0.2, -0.15) is 15.0 Å². The Labute approximate surface area is 125 Å². The maximum atomic E-state index is 10.2. The van der Waals surface area contributed by atoms with Gasteiger partial charge in [0.2, 0.25) is 0 Å². The second-order valence-corrected chi connectivity index (χ2v) is 5.27. The van der Waals surface area contributed by atoms with E-state index < -0.39 is 6.10 Å². The molecule has 0 saturated heterocycles. The Morgan fingerprint density at radius 2 is 1.70 bits per heavy atom. The lowest BCUT2D eigenvalue weighted by Gasteiger charge is -2.12. The van der Waals surface area contributed by atoms with E-state index >= 15 is 0 Å². The summed E-state index contributed by atoms with van der Waals surface area (Å²) in [6, 6.07) is 12.6. The van der Waals surface area contributed by atoms with E-state index in [1.165, 1.54) is 4.80 Å². The third-order valence-electron chi connectivity index (χ3n) is 2.99. The van der Waals surface area contributed by atoms with Crippen LogP contribution < -0.4 is 0 Å². The Balaban J connectivity index is 1.86. The minimum Gasteiger partial charge on any atom is -0.386 e. The van der Waals surface area contributed by atoms with Crippen molar-refractivity contribution >= 4 is 34.2 Å². The Morgan fingerprint density at radius 3 is 2.30 bits per heavy atom. The summed E-state index contributed by atoms with van der Waals surface area (Å²) in [5.74, 6) is 0. The van der Waals surface area contributed by atoms with E-state index in [0.717, 1.165) is 11.0 Å². The molecule has 1 heterocycles. The number of halogens is 2. The molecule has 0 aliphatic heterocycles. The van der Waals surface area contributed by atoms with Crippen LogP contribution in [0.2, 0.25) is 10.0 Å². The molecular weight excluding hydrogens is 297 g/mol. The average Bonchev–Trinajstić information content (AvgIpc) is 2.80. The fraction of sp³-hybridized carbons (Fsp3) is 0.143. The van der Waals surface area contributed by atoms with Crippen LogP contribution in [0.3, 0.4) is 0 Å². The fourth-order valence-electron chi connectivity index (χ4n) is 2.01.